The van der Waals surface area contributed by atoms with Gasteiger partial charge in [0.05, 0.1) is 16.5 Å². The van der Waals surface area contributed by atoms with Crippen LogP contribution in [0.2, 0.25) is 10.0 Å². The molecule has 5 nitrogen and oxygen atoms in total. The lowest BCUT2D eigenvalue weighted by Crippen LogP contribution is -2.35. The van der Waals surface area contributed by atoms with Crippen LogP contribution in [0.1, 0.15) is 5.56 Å². The van der Waals surface area contributed by atoms with Gasteiger partial charge < -0.3 is 5.32 Å². The largest absolute Gasteiger partial charge is 0.355 e. The van der Waals surface area contributed by atoms with Crippen molar-refractivity contribution in [2.45, 2.75) is 11.3 Å². The molecule has 1 amide bonds. The Morgan fingerprint density at radius 3 is 2.38 bits per heavy atom. The molecule has 10 heteroatoms. The molecule has 0 aliphatic carbocycles. The van der Waals surface area contributed by atoms with E-state index in [0.717, 1.165) is 0 Å². The molecular formula is C16H14BrCl2FN2O3S. The fraction of sp³-hybridized carbons (Fsp3) is 0.188. The Bertz CT molecular complexity index is 902. The van der Waals surface area contributed by atoms with Gasteiger partial charge in [0.2, 0.25) is 15.9 Å². The SMILES string of the molecule is O=C(Cc1cccc(F)c1)NCCNS(=O)(=O)c1c(Cl)cc(Br)cc1Cl. The fourth-order valence-electron chi connectivity index (χ4n) is 2.14. The molecule has 140 valence electrons. The maximum absolute atomic E-state index is 13.1. The second kappa shape index (κ2) is 9.14. The molecule has 0 unspecified atom stereocenters. The van der Waals surface area contributed by atoms with Gasteiger partial charge in [-0.1, -0.05) is 51.3 Å². The number of carbonyl (C=O) groups excluding carboxylic acids is 1. The van der Waals surface area contributed by atoms with E-state index in [0.29, 0.717) is 10.0 Å². The zero-order chi connectivity index (χ0) is 19.3. The Kier molecular flexibility index (Phi) is 7.42. The maximum Gasteiger partial charge on any atom is 0.243 e. The predicted molar refractivity (Wildman–Crippen MR) is 102 cm³/mol. The van der Waals surface area contributed by atoms with Crippen molar-refractivity contribution in [2.75, 3.05) is 13.1 Å². The van der Waals surface area contributed by atoms with Gasteiger partial charge >= 0.3 is 0 Å². The molecule has 0 atom stereocenters. The summed E-state index contributed by atoms with van der Waals surface area (Å²) in [6, 6.07) is 8.53. The van der Waals surface area contributed by atoms with Gasteiger partial charge in [-0.05, 0) is 29.8 Å². The van der Waals surface area contributed by atoms with Gasteiger partial charge in [0.1, 0.15) is 10.7 Å². The lowest BCUT2D eigenvalue weighted by molar-refractivity contribution is -0.120. The van der Waals surface area contributed by atoms with Gasteiger partial charge in [0, 0.05) is 17.6 Å². The number of sulfonamides is 1. The van der Waals surface area contributed by atoms with E-state index in [1.807, 2.05) is 0 Å². The molecule has 2 aromatic carbocycles. The minimum Gasteiger partial charge on any atom is -0.355 e. The summed E-state index contributed by atoms with van der Waals surface area (Å²) in [5.41, 5.74) is 0.525. The molecule has 2 N–H and O–H groups in total. The van der Waals surface area contributed by atoms with Crippen LogP contribution in [0, 0.1) is 5.82 Å². The number of hydrogen-bond acceptors (Lipinski definition) is 3. The first-order chi connectivity index (χ1) is 12.2. The van der Waals surface area contributed by atoms with Crippen molar-refractivity contribution < 1.29 is 17.6 Å². The monoisotopic (exact) mass is 482 g/mol. The number of rotatable bonds is 7. The second-order valence-corrected chi connectivity index (χ2v) is 8.69. The van der Waals surface area contributed by atoms with Crippen LogP contribution in [0.5, 0.6) is 0 Å². The molecule has 0 saturated heterocycles. The molecule has 2 rings (SSSR count). The van der Waals surface area contributed by atoms with Crippen LogP contribution in [-0.4, -0.2) is 27.4 Å². The zero-order valence-electron chi connectivity index (χ0n) is 13.2. The number of amides is 1. The summed E-state index contributed by atoms with van der Waals surface area (Å²) < 4.78 is 40.6. The summed E-state index contributed by atoms with van der Waals surface area (Å²) in [5, 5.41) is 2.51. The summed E-state index contributed by atoms with van der Waals surface area (Å²) in [6.07, 6.45) is -0.00508. The number of carbonyl (C=O) groups is 1. The van der Waals surface area contributed by atoms with E-state index in [4.69, 9.17) is 23.2 Å². The minimum absolute atomic E-state index is 0.00508. The average molecular weight is 484 g/mol. The Hall–Kier alpha value is -1.19. The van der Waals surface area contributed by atoms with Crippen LogP contribution in [0.25, 0.3) is 0 Å². The van der Waals surface area contributed by atoms with Crippen LogP contribution in [0.4, 0.5) is 4.39 Å². The van der Waals surface area contributed by atoms with Crippen molar-refractivity contribution in [3.8, 4) is 0 Å². The van der Waals surface area contributed by atoms with E-state index >= 15 is 0 Å². The van der Waals surface area contributed by atoms with Gasteiger partial charge in [-0.15, -0.1) is 0 Å². The number of nitrogens with one attached hydrogen (secondary N) is 2. The van der Waals surface area contributed by atoms with Gasteiger partial charge in [0.25, 0.3) is 0 Å². The maximum atomic E-state index is 13.1. The third-order valence-corrected chi connectivity index (χ3v) is 6.06. The Labute approximate surface area is 169 Å². The second-order valence-electron chi connectivity index (χ2n) is 5.25. The molecule has 0 fully saturated rings. The molecule has 0 aromatic heterocycles. The fourth-order valence-corrected chi connectivity index (χ4v) is 5.10. The summed E-state index contributed by atoms with van der Waals surface area (Å²) in [4.78, 5) is 11.6. The molecule has 0 bridgehead atoms. The normalized spacial score (nSPS) is 11.4. The summed E-state index contributed by atoms with van der Waals surface area (Å²) in [7, 11) is -3.94. The summed E-state index contributed by atoms with van der Waals surface area (Å²) in [5.74, 6) is -0.777. The van der Waals surface area contributed by atoms with Crippen LogP contribution in [-0.2, 0) is 21.2 Å². The molecule has 0 saturated carbocycles. The van der Waals surface area contributed by atoms with Gasteiger partial charge in [-0.2, -0.15) is 0 Å². The van der Waals surface area contributed by atoms with Crippen LogP contribution >= 0.6 is 39.1 Å². The smallest absolute Gasteiger partial charge is 0.243 e. The predicted octanol–water partition coefficient (Wildman–Crippen LogP) is 3.53. The lowest BCUT2D eigenvalue weighted by atomic mass is 10.1. The number of benzene rings is 2. The highest BCUT2D eigenvalue weighted by atomic mass is 79.9. The quantitative estimate of drug-likeness (QED) is 0.591. The van der Waals surface area contributed by atoms with Crippen molar-refractivity contribution in [2.24, 2.45) is 0 Å². The molecule has 0 heterocycles. The number of halogens is 4. The first-order valence-corrected chi connectivity index (χ1v) is 10.4. The highest BCUT2D eigenvalue weighted by Crippen LogP contribution is 2.32. The van der Waals surface area contributed by atoms with Crippen molar-refractivity contribution >= 4 is 55.1 Å². The molecule has 0 spiro atoms. The zero-order valence-corrected chi connectivity index (χ0v) is 17.1. The highest BCUT2D eigenvalue weighted by Gasteiger charge is 2.22. The standard InChI is InChI=1S/C16H14BrCl2FN2O3S/c17-11-8-13(18)16(14(19)9-11)26(24,25)22-5-4-21-15(23)7-10-2-1-3-12(20)6-10/h1-3,6,8-9,22H,4-5,7H2,(H,21,23). The highest BCUT2D eigenvalue weighted by molar-refractivity contribution is 9.10. The van der Waals surface area contributed by atoms with Crippen LogP contribution in [0.15, 0.2) is 45.8 Å². The van der Waals surface area contributed by atoms with Crippen LogP contribution in [0.3, 0.4) is 0 Å². The third-order valence-electron chi connectivity index (χ3n) is 3.22. The number of hydrogen-bond donors (Lipinski definition) is 2. The van der Waals surface area contributed by atoms with Gasteiger partial charge in [-0.25, -0.2) is 17.5 Å². The van der Waals surface area contributed by atoms with Gasteiger partial charge in [0.15, 0.2) is 0 Å². The van der Waals surface area contributed by atoms with E-state index < -0.39 is 15.8 Å². The average Bonchev–Trinajstić information content (AvgIpc) is 2.50. The third kappa shape index (κ3) is 5.92. The van der Waals surface area contributed by atoms with E-state index in [-0.39, 0.29) is 40.4 Å². The Morgan fingerprint density at radius 2 is 1.77 bits per heavy atom. The van der Waals surface area contributed by atoms with Crippen LogP contribution < -0.4 is 10.0 Å². The first kappa shape index (κ1) is 21.1. The van der Waals surface area contributed by atoms with Crippen molar-refractivity contribution in [1.29, 1.82) is 0 Å². The van der Waals surface area contributed by atoms with E-state index in [1.165, 1.54) is 30.3 Å². The topological polar surface area (TPSA) is 75.3 Å². The molecule has 0 aliphatic rings. The summed E-state index contributed by atoms with van der Waals surface area (Å²) >= 11 is 15.1. The van der Waals surface area contributed by atoms with E-state index in [1.54, 1.807) is 6.07 Å². The molecule has 26 heavy (non-hydrogen) atoms. The molecular weight excluding hydrogens is 470 g/mol. The lowest BCUT2D eigenvalue weighted by Gasteiger charge is -2.11. The molecule has 0 radical (unpaired) electrons. The van der Waals surface area contributed by atoms with Crippen molar-refractivity contribution in [3.05, 3.63) is 62.3 Å². The van der Waals surface area contributed by atoms with Gasteiger partial charge in [-0.3, -0.25) is 4.79 Å². The van der Waals surface area contributed by atoms with Crippen molar-refractivity contribution in [1.82, 2.24) is 10.0 Å². The minimum atomic E-state index is -3.94. The van der Waals surface area contributed by atoms with Crippen molar-refractivity contribution in [3.63, 3.8) is 0 Å². The Balaban J connectivity index is 1.88. The first-order valence-electron chi connectivity index (χ1n) is 7.34. The molecule has 0 aliphatic heterocycles. The van der Waals surface area contributed by atoms with E-state index in [2.05, 4.69) is 26.0 Å². The summed E-state index contributed by atoms with van der Waals surface area (Å²) in [6.45, 7) is -0.000902. The Morgan fingerprint density at radius 1 is 1.12 bits per heavy atom. The van der Waals surface area contributed by atoms with E-state index in [9.17, 15) is 17.6 Å². The molecule has 2 aromatic rings.